The molecule has 104 valence electrons. The van der Waals surface area contributed by atoms with E-state index in [4.69, 9.17) is 11.6 Å². The molecule has 0 saturated carbocycles. The van der Waals surface area contributed by atoms with Crippen LogP contribution in [0.25, 0.3) is 22.0 Å². The maximum Gasteiger partial charge on any atom is 0.258 e. The van der Waals surface area contributed by atoms with Crippen molar-refractivity contribution in [1.29, 1.82) is 0 Å². The van der Waals surface area contributed by atoms with Gasteiger partial charge in [0.2, 0.25) is 5.91 Å². The molecule has 3 aromatic rings. The molecule has 0 radical (unpaired) electrons. The zero-order valence-electron chi connectivity index (χ0n) is 11.3. The molecule has 1 aromatic heterocycles. The van der Waals surface area contributed by atoms with Crippen molar-refractivity contribution in [2.24, 2.45) is 0 Å². The molecule has 0 spiro atoms. The molecule has 0 aliphatic rings. The zero-order valence-corrected chi connectivity index (χ0v) is 12.1. The fourth-order valence-corrected chi connectivity index (χ4v) is 2.66. The summed E-state index contributed by atoms with van der Waals surface area (Å²) >= 11 is 6.08. The summed E-state index contributed by atoms with van der Waals surface area (Å²) in [7, 11) is 0. The van der Waals surface area contributed by atoms with Crippen molar-refractivity contribution >= 4 is 28.4 Å². The van der Waals surface area contributed by atoms with Crippen molar-refractivity contribution in [3.05, 3.63) is 70.0 Å². The van der Waals surface area contributed by atoms with Crippen LogP contribution in [0.1, 0.15) is 11.7 Å². The molecule has 3 rings (SSSR count). The maximum absolute atomic E-state index is 12.3. The van der Waals surface area contributed by atoms with Gasteiger partial charge < -0.3 is 0 Å². The van der Waals surface area contributed by atoms with Crippen molar-refractivity contribution in [3.63, 3.8) is 0 Å². The smallest absolute Gasteiger partial charge is 0.258 e. The number of hydrogen-bond acceptors (Lipinski definition) is 2. The van der Waals surface area contributed by atoms with Gasteiger partial charge in [-0.3, -0.25) is 9.59 Å². The highest BCUT2D eigenvalue weighted by atomic mass is 35.5. The Labute approximate surface area is 126 Å². The second-order valence-electron chi connectivity index (χ2n) is 4.78. The van der Waals surface area contributed by atoms with Crippen LogP contribution in [-0.2, 0) is 0 Å². The highest BCUT2D eigenvalue weighted by Gasteiger charge is 2.13. The largest absolute Gasteiger partial charge is 0.274 e. The Hall–Kier alpha value is -2.39. The van der Waals surface area contributed by atoms with Crippen LogP contribution in [0.15, 0.2) is 59.4 Å². The Morgan fingerprint density at radius 3 is 2.43 bits per heavy atom. The van der Waals surface area contributed by atoms with Gasteiger partial charge in [-0.15, -0.1) is 0 Å². The third kappa shape index (κ3) is 2.36. The molecule has 2 aromatic carbocycles. The summed E-state index contributed by atoms with van der Waals surface area (Å²) in [4.78, 5) is 24.0. The van der Waals surface area contributed by atoms with E-state index in [1.54, 1.807) is 18.2 Å². The SMILES string of the molecule is CC(=O)n1c(=O)cc(-c2ccccc2)c2cc(Cl)ccc21. The van der Waals surface area contributed by atoms with Crippen LogP contribution in [-0.4, -0.2) is 10.5 Å². The first kappa shape index (κ1) is 13.6. The van der Waals surface area contributed by atoms with Crippen LogP contribution in [0.2, 0.25) is 5.02 Å². The van der Waals surface area contributed by atoms with Gasteiger partial charge in [-0.1, -0.05) is 41.9 Å². The van der Waals surface area contributed by atoms with Crippen molar-refractivity contribution in [3.8, 4) is 11.1 Å². The highest BCUT2D eigenvalue weighted by molar-refractivity contribution is 6.31. The monoisotopic (exact) mass is 297 g/mol. The third-order valence-corrected chi connectivity index (χ3v) is 3.61. The first-order chi connectivity index (χ1) is 10.1. The number of pyridine rings is 1. The van der Waals surface area contributed by atoms with Crippen molar-refractivity contribution in [2.75, 3.05) is 0 Å². The van der Waals surface area contributed by atoms with Crippen LogP contribution in [0.5, 0.6) is 0 Å². The van der Waals surface area contributed by atoms with E-state index in [1.807, 2.05) is 30.3 Å². The van der Waals surface area contributed by atoms with Gasteiger partial charge in [-0.25, -0.2) is 4.57 Å². The summed E-state index contributed by atoms with van der Waals surface area (Å²) in [5.74, 6) is -0.313. The molecule has 0 fully saturated rings. The lowest BCUT2D eigenvalue weighted by Crippen LogP contribution is -2.24. The molecule has 0 amide bonds. The Bertz CT molecular complexity index is 898. The number of carbonyl (C=O) groups excluding carboxylic acids is 1. The summed E-state index contributed by atoms with van der Waals surface area (Å²) in [6, 6.07) is 16.2. The van der Waals surface area contributed by atoms with Crippen LogP contribution in [0, 0.1) is 0 Å². The van der Waals surface area contributed by atoms with Gasteiger partial charge in [0.15, 0.2) is 0 Å². The summed E-state index contributed by atoms with van der Waals surface area (Å²) in [6.45, 7) is 1.37. The fraction of sp³-hybridized carbons (Fsp3) is 0.0588. The molecule has 3 nitrogen and oxygen atoms in total. The molecule has 4 heteroatoms. The van der Waals surface area contributed by atoms with Crippen LogP contribution < -0.4 is 5.56 Å². The molecular formula is C17H12ClNO2. The lowest BCUT2D eigenvalue weighted by molar-refractivity contribution is 0.0938. The van der Waals surface area contributed by atoms with Crippen LogP contribution in [0.3, 0.4) is 0 Å². The fourth-order valence-electron chi connectivity index (χ4n) is 2.48. The van der Waals surface area contributed by atoms with Gasteiger partial charge in [0.05, 0.1) is 5.52 Å². The van der Waals surface area contributed by atoms with Crippen LogP contribution in [0.4, 0.5) is 0 Å². The maximum atomic E-state index is 12.3. The number of hydrogen-bond donors (Lipinski definition) is 0. The molecular weight excluding hydrogens is 286 g/mol. The first-order valence-electron chi connectivity index (χ1n) is 6.49. The Kier molecular flexibility index (Phi) is 3.35. The third-order valence-electron chi connectivity index (χ3n) is 3.38. The second-order valence-corrected chi connectivity index (χ2v) is 5.21. The molecule has 0 unspecified atom stereocenters. The molecule has 0 aliphatic carbocycles. The zero-order chi connectivity index (χ0) is 15.0. The quantitative estimate of drug-likeness (QED) is 0.681. The number of nitrogens with zero attached hydrogens (tertiary/aromatic N) is 1. The van der Waals surface area contributed by atoms with Gasteiger partial charge in [-0.2, -0.15) is 0 Å². The normalized spacial score (nSPS) is 10.8. The van der Waals surface area contributed by atoms with Gasteiger partial charge in [0.25, 0.3) is 5.56 Å². The minimum atomic E-state index is -0.337. The van der Waals surface area contributed by atoms with Gasteiger partial charge in [0.1, 0.15) is 0 Å². The predicted octanol–water partition coefficient (Wildman–Crippen LogP) is 3.98. The highest BCUT2D eigenvalue weighted by Crippen LogP contribution is 2.29. The van der Waals surface area contributed by atoms with E-state index in [1.165, 1.54) is 13.0 Å². The number of benzene rings is 2. The number of rotatable bonds is 1. The van der Waals surface area contributed by atoms with Crippen molar-refractivity contribution in [2.45, 2.75) is 6.92 Å². The van der Waals surface area contributed by atoms with Gasteiger partial charge >= 0.3 is 0 Å². The Morgan fingerprint density at radius 2 is 1.76 bits per heavy atom. The summed E-state index contributed by atoms with van der Waals surface area (Å²) in [5, 5.41) is 1.34. The molecule has 0 bridgehead atoms. The van der Waals surface area contributed by atoms with E-state index >= 15 is 0 Å². The summed E-state index contributed by atoms with van der Waals surface area (Å²) in [6.07, 6.45) is 0. The summed E-state index contributed by atoms with van der Waals surface area (Å²) in [5.41, 5.74) is 1.92. The van der Waals surface area contributed by atoms with Gasteiger partial charge in [-0.05, 0) is 29.3 Å². The van der Waals surface area contributed by atoms with Crippen molar-refractivity contribution < 1.29 is 4.79 Å². The standard InChI is InChI=1S/C17H12ClNO2/c1-11(20)19-16-8-7-13(18)9-15(16)14(10-17(19)21)12-5-3-2-4-6-12/h2-10H,1H3. The van der Waals surface area contributed by atoms with Crippen molar-refractivity contribution in [1.82, 2.24) is 4.57 Å². The van der Waals surface area contributed by atoms with E-state index in [-0.39, 0.29) is 11.5 Å². The van der Waals surface area contributed by atoms with E-state index in [2.05, 4.69) is 0 Å². The Balaban J connectivity index is 2.47. The van der Waals surface area contributed by atoms with Gasteiger partial charge in [0, 0.05) is 23.4 Å². The number of aromatic nitrogens is 1. The lowest BCUT2D eigenvalue weighted by Gasteiger charge is -2.11. The van der Waals surface area contributed by atoms with E-state index in [0.29, 0.717) is 10.5 Å². The average Bonchev–Trinajstić information content (AvgIpc) is 2.47. The average molecular weight is 298 g/mol. The topological polar surface area (TPSA) is 39.1 Å². The molecule has 21 heavy (non-hydrogen) atoms. The number of halogens is 1. The first-order valence-corrected chi connectivity index (χ1v) is 6.87. The van der Waals surface area contributed by atoms with E-state index in [0.717, 1.165) is 21.1 Å². The number of fused-ring (bicyclic) bond motifs is 1. The number of carbonyl (C=O) groups is 1. The molecule has 0 aliphatic heterocycles. The molecule has 0 atom stereocenters. The summed E-state index contributed by atoms with van der Waals surface area (Å²) < 4.78 is 1.16. The minimum Gasteiger partial charge on any atom is -0.274 e. The second kappa shape index (κ2) is 5.19. The Morgan fingerprint density at radius 1 is 1.05 bits per heavy atom. The molecule has 1 heterocycles. The van der Waals surface area contributed by atoms with Crippen LogP contribution >= 0.6 is 11.6 Å². The lowest BCUT2D eigenvalue weighted by atomic mass is 10.0. The minimum absolute atomic E-state index is 0.313. The van der Waals surface area contributed by atoms with E-state index in [9.17, 15) is 9.59 Å². The predicted molar refractivity (Wildman–Crippen MR) is 85.0 cm³/mol. The molecule has 0 saturated heterocycles. The van der Waals surface area contributed by atoms with E-state index < -0.39 is 0 Å². The molecule has 0 N–H and O–H groups in total.